The highest BCUT2D eigenvalue weighted by Crippen LogP contribution is 2.26. The molecular formula is C32H39N7O2. The maximum atomic E-state index is 11.8. The standard InChI is InChI=1S/C32H39N7O2/c1-4-31(40)39-22-28(23-39)38(3)15-13-33-26-17-24-18-27(20-26)35-32-34-12-11-30(36-32)25-9-8-10-29(19-25)41-16-7-5-6-14-37(2)21-24/h4-6,8-12,17-20,28,33H,1,7,13-16,21-23H2,2-3H3,(H,34,35,36)/b6-5+. The minimum Gasteiger partial charge on any atom is -0.493 e. The molecule has 3 heterocycles. The van der Waals surface area contributed by atoms with Crippen molar-refractivity contribution in [1.29, 1.82) is 0 Å². The van der Waals surface area contributed by atoms with E-state index in [-0.39, 0.29) is 5.91 Å². The van der Waals surface area contributed by atoms with Gasteiger partial charge in [0.05, 0.1) is 12.3 Å². The van der Waals surface area contributed by atoms with Crippen molar-refractivity contribution < 1.29 is 9.53 Å². The second-order valence-electron chi connectivity index (χ2n) is 10.7. The smallest absolute Gasteiger partial charge is 0.246 e. The number of carbonyl (C=O) groups is 1. The Morgan fingerprint density at radius 2 is 2.10 bits per heavy atom. The Balaban J connectivity index is 1.32. The van der Waals surface area contributed by atoms with Crippen molar-refractivity contribution in [3.8, 4) is 17.0 Å². The number of ether oxygens (including phenoxy) is 1. The lowest BCUT2D eigenvalue weighted by Gasteiger charge is -2.43. The molecule has 2 aromatic carbocycles. The highest BCUT2D eigenvalue weighted by Gasteiger charge is 2.31. The van der Waals surface area contributed by atoms with Gasteiger partial charge >= 0.3 is 0 Å². The maximum absolute atomic E-state index is 11.8. The summed E-state index contributed by atoms with van der Waals surface area (Å²) in [5.41, 5.74) is 4.96. The molecule has 9 heteroatoms. The fraction of sp³-hybridized carbons (Fsp3) is 0.344. The van der Waals surface area contributed by atoms with E-state index in [1.165, 1.54) is 11.6 Å². The Morgan fingerprint density at radius 3 is 2.95 bits per heavy atom. The number of anilines is 3. The molecule has 0 saturated carbocycles. The van der Waals surface area contributed by atoms with Crippen LogP contribution in [-0.2, 0) is 11.3 Å². The maximum Gasteiger partial charge on any atom is 0.246 e. The van der Waals surface area contributed by atoms with Gasteiger partial charge < -0.3 is 20.3 Å². The molecule has 2 aliphatic rings. The number of rotatable bonds is 6. The van der Waals surface area contributed by atoms with E-state index in [2.05, 4.69) is 76.4 Å². The van der Waals surface area contributed by atoms with Crippen LogP contribution >= 0.6 is 0 Å². The highest BCUT2D eigenvalue weighted by atomic mass is 16.5. The lowest BCUT2D eigenvalue weighted by atomic mass is 10.1. The number of amides is 1. The summed E-state index contributed by atoms with van der Waals surface area (Å²) in [6, 6.07) is 16.8. The third kappa shape index (κ3) is 7.71. The minimum absolute atomic E-state index is 0.00495. The average molecular weight is 554 g/mol. The van der Waals surface area contributed by atoms with Gasteiger partial charge in [-0.15, -0.1) is 0 Å². The minimum atomic E-state index is 0.00495. The molecule has 2 aliphatic heterocycles. The third-order valence-corrected chi connectivity index (χ3v) is 7.39. The van der Waals surface area contributed by atoms with Crippen LogP contribution < -0.4 is 15.4 Å². The van der Waals surface area contributed by atoms with Crippen LogP contribution in [0.1, 0.15) is 12.0 Å². The van der Waals surface area contributed by atoms with Crippen LogP contribution in [0.25, 0.3) is 11.3 Å². The summed E-state index contributed by atoms with van der Waals surface area (Å²) < 4.78 is 5.97. The Morgan fingerprint density at radius 1 is 1.22 bits per heavy atom. The molecular weight excluding hydrogens is 514 g/mol. The molecule has 2 N–H and O–H groups in total. The van der Waals surface area contributed by atoms with Crippen molar-refractivity contribution >= 4 is 23.2 Å². The summed E-state index contributed by atoms with van der Waals surface area (Å²) in [6.07, 6.45) is 8.38. The molecule has 6 bridgehead atoms. The van der Waals surface area contributed by atoms with Gasteiger partial charge in [0.25, 0.3) is 0 Å². The zero-order valence-electron chi connectivity index (χ0n) is 23.9. The van der Waals surface area contributed by atoms with E-state index < -0.39 is 0 Å². The van der Waals surface area contributed by atoms with Gasteiger partial charge in [0.15, 0.2) is 0 Å². The lowest BCUT2D eigenvalue weighted by Crippen LogP contribution is -2.60. The fourth-order valence-corrected chi connectivity index (χ4v) is 5.01. The first-order valence-electron chi connectivity index (χ1n) is 14.1. The Labute approximate surface area is 242 Å². The first kappa shape index (κ1) is 28.3. The van der Waals surface area contributed by atoms with Crippen LogP contribution in [0, 0.1) is 0 Å². The quantitative estimate of drug-likeness (QED) is 0.343. The second-order valence-corrected chi connectivity index (χ2v) is 10.7. The number of likely N-dealkylation sites (N-methyl/N-ethyl adjacent to an activating group) is 2. The SMILES string of the molecule is C=CC(=O)N1CC(N(C)CCNc2cc3cc(c2)Nc2nccc(n2)-c2cccc(c2)OCC/C=C/CN(C)C3)C1. The molecule has 1 fully saturated rings. The number of fused-ring (bicyclic) bond motifs is 7. The van der Waals surface area contributed by atoms with Gasteiger partial charge in [0, 0.05) is 68.4 Å². The number of hydrogen-bond acceptors (Lipinski definition) is 8. The van der Waals surface area contributed by atoms with Crippen molar-refractivity contribution in [3.63, 3.8) is 0 Å². The average Bonchev–Trinajstić information content (AvgIpc) is 2.94. The van der Waals surface area contributed by atoms with Crippen LogP contribution in [0.3, 0.4) is 0 Å². The molecule has 0 unspecified atom stereocenters. The third-order valence-electron chi connectivity index (χ3n) is 7.39. The normalized spacial score (nSPS) is 16.9. The van der Waals surface area contributed by atoms with Gasteiger partial charge in [-0.1, -0.05) is 30.9 Å². The Hall–Kier alpha value is -4.21. The fourth-order valence-electron chi connectivity index (χ4n) is 5.01. The number of benzene rings is 2. The Bertz CT molecular complexity index is 1390. The van der Waals surface area contributed by atoms with Gasteiger partial charge in [-0.3, -0.25) is 14.6 Å². The van der Waals surface area contributed by atoms with Crippen molar-refractivity contribution in [3.05, 3.63) is 85.1 Å². The van der Waals surface area contributed by atoms with E-state index in [4.69, 9.17) is 9.72 Å². The van der Waals surface area contributed by atoms with E-state index in [0.29, 0.717) is 18.6 Å². The number of nitrogens with one attached hydrogen (secondary N) is 2. The van der Waals surface area contributed by atoms with Gasteiger partial charge in [-0.05, 0) is 68.6 Å². The summed E-state index contributed by atoms with van der Waals surface area (Å²) in [6.45, 7) is 9.00. The zero-order chi connectivity index (χ0) is 28.6. The predicted molar refractivity (Wildman–Crippen MR) is 164 cm³/mol. The zero-order valence-corrected chi connectivity index (χ0v) is 23.9. The largest absolute Gasteiger partial charge is 0.493 e. The van der Waals surface area contributed by atoms with Gasteiger partial charge in [-0.25, -0.2) is 9.97 Å². The molecule has 41 heavy (non-hydrogen) atoms. The summed E-state index contributed by atoms with van der Waals surface area (Å²) in [5, 5.41) is 7.03. The molecule has 1 saturated heterocycles. The monoisotopic (exact) mass is 553 g/mol. The number of carbonyl (C=O) groups excluding carboxylic acids is 1. The summed E-state index contributed by atoms with van der Waals surface area (Å²) in [5.74, 6) is 1.37. The van der Waals surface area contributed by atoms with E-state index in [9.17, 15) is 4.79 Å². The molecule has 0 spiro atoms. The molecule has 1 aromatic heterocycles. The molecule has 9 nitrogen and oxygen atoms in total. The number of hydrogen-bond donors (Lipinski definition) is 2. The van der Waals surface area contributed by atoms with Crippen molar-refractivity contribution in [2.75, 3.05) is 64.1 Å². The first-order chi connectivity index (χ1) is 20.0. The number of likely N-dealkylation sites (tertiary alicyclic amines) is 1. The van der Waals surface area contributed by atoms with E-state index >= 15 is 0 Å². The molecule has 3 aromatic rings. The van der Waals surface area contributed by atoms with Crippen LogP contribution in [0.15, 0.2) is 79.5 Å². The predicted octanol–water partition coefficient (Wildman–Crippen LogP) is 4.40. The molecule has 214 valence electrons. The van der Waals surface area contributed by atoms with Crippen LogP contribution in [0.5, 0.6) is 5.75 Å². The van der Waals surface area contributed by atoms with Crippen molar-refractivity contribution in [2.24, 2.45) is 0 Å². The number of aromatic nitrogens is 2. The second kappa shape index (κ2) is 13.4. The topological polar surface area (TPSA) is 85.9 Å². The van der Waals surface area contributed by atoms with Gasteiger partial charge in [0.1, 0.15) is 5.75 Å². The van der Waals surface area contributed by atoms with E-state index in [0.717, 1.165) is 74.1 Å². The van der Waals surface area contributed by atoms with Crippen LogP contribution in [0.4, 0.5) is 17.3 Å². The number of nitrogens with zero attached hydrogens (tertiary/aromatic N) is 5. The summed E-state index contributed by atoms with van der Waals surface area (Å²) in [4.78, 5) is 27.5. The van der Waals surface area contributed by atoms with E-state index in [1.807, 2.05) is 35.2 Å². The first-order valence-corrected chi connectivity index (χ1v) is 14.1. The van der Waals surface area contributed by atoms with Crippen LogP contribution in [0.2, 0.25) is 0 Å². The Kier molecular flexibility index (Phi) is 9.28. The molecule has 0 radical (unpaired) electrons. The van der Waals surface area contributed by atoms with Crippen LogP contribution in [-0.4, -0.2) is 90.0 Å². The summed E-state index contributed by atoms with van der Waals surface area (Å²) in [7, 11) is 4.23. The molecule has 1 amide bonds. The van der Waals surface area contributed by atoms with Crippen molar-refractivity contribution in [2.45, 2.75) is 19.0 Å². The van der Waals surface area contributed by atoms with Gasteiger partial charge in [0.2, 0.25) is 11.9 Å². The van der Waals surface area contributed by atoms with E-state index in [1.54, 1.807) is 6.20 Å². The molecule has 5 rings (SSSR count). The lowest BCUT2D eigenvalue weighted by molar-refractivity contribution is -0.132. The molecule has 0 aliphatic carbocycles. The highest BCUT2D eigenvalue weighted by molar-refractivity contribution is 5.87. The molecule has 0 atom stereocenters. The summed E-state index contributed by atoms with van der Waals surface area (Å²) >= 11 is 0. The van der Waals surface area contributed by atoms with Crippen molar-refractivity contribution in [1.82, 2.24) is 24.7 Å². The van der Waals surface area contributed by atoms with Gasteiger partial charge in [-0.2, -0.15) is 0 Å².